The lowest BCUT2D eigenvalue weighted by Crippen LogP contribution is -2.33. The third-order valence-electron chi connectivity index (χ3n) is 3.84. The first-order valence-corrected chi connectivity index (χ1v) is 9.89. The molecular weight excluding hydrogens is 412 g/mol. The van der Waals surface area contributed by atoms with Crippen molar-refractivity contribution in [3.63, 3.8) is 0 Å². The third kappa shape index (κ3) is 2.96. The number of fused-ring (bicyclic) bond motifs is 1. The normalized spacial score (nSPS) is 12.1. The van der Waals surface area contributed by atoms with Crippen molar-refractivity contribution in [1.29, 1.82) is 0 Å². The number of imidazole rings is 1. The summed E-state index contributed by atoms with van der Waals surface area (Å²) in [6.07, 6.45) is 5.12. The molecule has 0 fully saturated rings. The zero-order valence-electron chi connectivity index (χ0n) is 11.7. The molecule has 0 bridgehead atoms. The zero-order valence-corrected chi connectivity index (χ0v) is 15.7. The molecule has 2 heterocycles. The van der Waals surface area contributed by atoms with Crippen LogP contribution in [0.1, 0.15) is 16.8 Å². The summed E-state index contributed by atoms with van der Waals surface area (Å²) in [6, 6.07) is 8.83. The molecule has 0 N–H and O–H groups in total. The molecule has 0 amide bonds. The van der Waals surface area contributed by atoms with E-state index in [-0.39, 0.29) is 5.41 Å². The van der Waals surface area contributed by atoms with Gasteiger partial charge in [-0.3, -0.25) is 4.40 Å². The van der Waals surface area contributed by atoms with Crippen LogP contribution in [0.2, 0.25) is 0 Å². The molecular formula is C16H16Br2N2S. The summed E-state index contributed by atoms with van der Waals surface area (Å²) in [4.78, 5) is 5.80. The maximum atomic E-state index is 4.74. The van der Waals surface area contributed by atoms with Crippen LogP contribution >= 0.6 is 43.2 Å². The fraction of sp³-hybridized carbons (Fsp3) is 0.312. The Labute approximate surface area is 145 Å². The van der Waals surface area contributed by atoms with Gasteiger partial charge >= 0.3 is 0 Å². The predicted octanol–water partition coefficient (Wildman–Crippen LogP) is 4.97. The van der Waals surface area contributed by atoms with Gasteiger partial charge in [0, 0.05) is 40.3 Å². The largest absolute Gasteiger partial charge is 0.297 e. The minimum Gasteiger partial charge on any atom is -0.297 e. The van der Waals surface area contributed by atoms with Gasteiger partial charge in [0.25, 0.3) is 0 Å². The van der Waals surface area contributed by atoms with E-state index >= 15 is 0 Å². The van der Waals surface area contributed by atoms with Crippen LogP contribution in [0.5, 0.6) is 0 Å². The maximum absolute atomic E-state index is 4.74. The number of halogens is 2. The Hall–Kier alpha value is -0.650. The van der Waals surface area contributed by atoms with Crippen LogP contribution in [0.4, 0.5) is 0 Å². The first-order chi connectivity index (χ1) is 10.2. The van der Waals surface area contributed by atoms with Gasteiger partial charge in [0.15, 0.2) is 4.96 Å². The van der Waals surface area contributed by atoms with Gasteiger partial charge in [0.05, 0.1) is 5.69 Å². The van der Waals surface area contributed by atoms with Crippen LogP contribution in [0.25, 0.3) is 4.96 Å². The molecule has 3 aromatic rings. The molecule has 0 aliphatic carbocycles. The van der Waals surface area contributed by atoms with Gasteiger partial charge in [-0.1, -0.05) is 61.7 Å². The van der Waals surface area contributed by atoms with E-state index in [1.807, 2.05) is 0 Å². The van der Waals surface area contributed by atoms with Gasteiger partial charge in [-0.05, 0) is 12.5 Å². The number of hydrogen-bond donors (Lipinski definition) is 0. The lowest BCUT2D eigenvalue weighted by Gasteiger charge is -2.30. The Balaban J connectivity index is 1.96. The van der Waals surface area contributed by atoms with Crippen molar-refractivity contribution >= 4 is 48.2 Å². The topological polar surface area (TPSA) is 17.3 Å². The standard InChI is InChI=1S/C16H16Br2N2S/c1-12-2-4-13(5-3-12)16(10-17,11-18)8-14-9-20-6-7-21-15(20)19-14/h2-7,9H,8,10-11H2,1H3. The fourth-order valence-corrected chi connectivity index (χ4v) is 5.19. The summed E-state index contributed by atoms with van der Waals surface area (Å²) in [7, 11) is 0. The average molecular weight is 428 g/mol. The maximum Gasteiger partial charge on any atom is 0.193 e. The number of benzene rings is 1. The smallest absolute Gasteiger partial charge is 0.193 e. The Morgan fingerprint density at radius 1 is 1.19 bits per heavy atom. The molecule has 0 spiro atoms. The Morgan fingerprint density at radius 3 is 2.52 bits per heavy atom. The van der Waals surface area contributed by atoms with Crippen molar-refractivity contribution in [3.8, 4) is 0 Å². The van der Waals surface area contributed by atoms with Crippen LogP contribution in [0.15, 0.2) is 42.0 Å². The van der Waals surface area contributed by atoms with Gasteiger partial charge in [-0.25, -0.2) is 4.98 Å². The van der Waals surface area contributed by atoms with Crippen molar-refractivity contribution in [2.45, 2.75) is 18.8 Å². The second kappa shape index (κ2) is 6.23. The molecule has 3 rings (SSSR count). The number of hydrogen-bond acceptors (Lipinski definition) is 2. The molecule has 0 unspecified atom stereocenters. The highest BCUT2D eigenvalue weighted by atomic mass is 79.9. The fourth-order valence-electron chi connectivity index (χ4n) is 2.50. The van der Waals surface area contributed by atoms with E-state index in [2.05, 4.69) is 85.2 Å². The van der Waals surface area contributed by atoms with Crippen LogP contribution in [-0.4, -0.2) is 20.0 Å². The highest BCUT2D eigenvalue weighted by Crippen LogP contribution is 2.33. The highest BCUT2D eigenvalue weighted by molar-refractivity contribution is 9.09. The minimum absolute atomic E-state index is 0.0255. The van der Waals surface area contributed by atoms with E-state index in [4.69, 9.17) is 4.98 Å². The number of aromatic nitrogens is 2. The molecule has 0 saturated carbocycles. The molecule has 5 heteroatoms. The molecule has 2 nitrogen and oxygen atoms in total. The summed E-state index contributed by atoms with van der Waals surface area (Å²) in [5.41, 5.74) is 3.80. The van der Waals surface area contributed by atoms with Crippen molar-refractivity contribution in [3.05, 3.63) is 58.9 Å². The molecule has 110 valence electrons. The molecule has 0 aliphatic heterocycles. The predicted molar refractivity (Wildman–Crippen MR) is 97.2 cm³/mol. The first kappa shape index (κ1) is 15.3. The SMILES string of the molecule is Cc1ccc(C(CBr)(CBr)Cc2cn3ccsc3n2)cc1. The van der Waals surface area contributed by atoms with E-state index in [0.29, 0.717) is 0 Å². The van der Waals surface area contributed by atoms with Crippen LogP contribution in [0.3, 0.4) is 0 Å². The molecule has 0 saturated heterocycles. The third-order valence-corrected chi connectivity index (χ3v) is 6.76. The number of thiazole rings is 1. The van der Waals surface area contributed by atoms with E-state index in [1.165, 1.54) is 11.1 Å². The van der Waals surface area contributed by atoms with Gasteiger partial charge in [-0.15, -0.1) is 11.3 Å². The zero-order chi connectivity index (χ0) is 14.9. The van der Waals surface area contributed by atoms with E-state index < -0.39 is 0 Å². The van der Waals surface area contributed by atoms with E-state index in [9.17, 15) is 0 Å². The van der Waals surface area contributed by atoms with E-state index in [1.54, 1.807) is 11.3 Å². The van der Waals surface area contributed by atoms with Crippen LogP contribution in [-0.2, 0) is 11.8 Å². The van der Waals surface area contributed by atoms with Gasteiger partial charge in [0.1, 0.15) is 0 Å². The average Bonchev–Trinajstić information content (AvgIpc) is 3.07. The van der Waals surface area contributed by atoms with Crippen molar-refractivity contribution in [2.75, 3.05) is 10.7 Å². The number of aryl methyl sites for hydroxylation is 1. The van der Waals surface area contributed by atoms with Crippen molar-refractivity contribution in [1.82, 2.24) is 9.38 Å². The molecule has 0 atom stereocenters. The van der Waals surface area contributed by atoms with E-state index in [0.717, 1.165) is 27.7 Å². The molecule has 0 radical (unpaired) electrons. The van der Waals surface area contributed by atoms with Gasteiger partial charge < -0.3 is 0 Å². The number of alkyl halides is 2. The summed E-state index contributed by atoms with van der Waals surface area (Å²) < 4.78 is 2.10. The minimum atomic E-state index is 0.0255. The lowest BCUT2D eigenvalue weighted by atomic mass is 9.80. The van der Waals surface area contributed by atoms with Gasteiger partial charge in [-0.2, -0.15) is 0 Å². The van der Waals surface area contributed by atoms with Crippen LogP contribution < -0.4 is 0 Å². The summed E-state index contributed by atoms with van der Waals surface area (Å²) in [5, 5.41) is 3.87. The second-order valence-corrected chi connectivity index (χ2v) is 7.41. The van der Waals surface area contributed by atoms with Crippen LogP contribution in [0, 0.1) is 6.92 Å². The Morgan fingerprint density at radius 2 is 1.90 bits per heavy atom. The number of rotatable bonds is 5. The monoisotopic (exact) mass is 426 g/mol. The van der Waals surface area contributed by atoms with Crippen molar-refractivity contribution in [2.24, 2.45) is 0 Å². The lowest BCUT2D eigenvalue weighted by molar-refractivity contribution is 0.544. The Kier molecular flexibility index (Phi) is 4.52. The molecule has 21 heavy (non-hydrogen) atoms. The number of nitrogens with zero attached hydrogens (tertiary/aromatic N) is 2. The first-order valence-electron chi connectivity index (χ1n) is 6.77. The van der Waals surface area contributed by atoms with Crippen molar-refractivity contribution < 1.29 is 0 Å². The quantitative estimate of drug-likeness (QED) is 0.525. The summed E-state index contributed by atoms with van der Waals surface area (Å²) >= 11 is 9.11. The molecule has 0 aliphatic rings. The molecule has 1 aromatic carbocycles. The summed E-state index contributed by atoms with van der Waals surface area (Å²) in [5.74, 6) is 0. The van der Waals surface area contributed by atoms with Gasteiger partial charge in [0.2, 0.25) is 0 Å². The highest BCUT2D eigenvalue weighted by Gasteiger charge is 2.31. The summed E-state index contributed by atoms with van der Waals surface area (Å²) in [6.45, 7) is 2.12. The Bertz CT molecular complexity index is 698. The molecule has 2 aromatic heterocycles. The second-order valence-electron chi connectivity index (χ2n) is 5.42.